The molecule has 0 fully saturated rings. The van der Waals surface area contributed by atoms with Crippen molar-refractivity contribution in [1.29, 1.82) is 15.8 Å². The van der Waals surface area contributed by atoms with Gasteiger partial charge in [0.2, 0.25) is 0 Å². The molecular weight excluding hydrogens is 759 g/mol. The van der Waals surface area contributed by atoms with Crippen molar-refractivity contribution in [2.24, 2.45) is 0 Å². The average Bonchev–Trinajstić information content (AvgIpc) is 3.68. The van der Waals surface area contributed by atoms with Crippen LogP contribution in [0.3, 0.4) is 0 Å². The van der Waals surface area contributed by atoms with Gasteiger partial charge in [-0.15, -0.1) is 0 Å². The lowest BCUT2D eigenvalue weighted by molar-refractivity contribution is 1.18. The van der Waals surface area contributed by atoms with Gasteiger partial charge in [0.25, 0.3) is 0 Å². The van der Waals surface area contributed by atoms with E-state index in [0.29, 0.717) is 39.5 Å². The number of para-hydroxylation sites is 3. The molecule has 7 nitrogen and oxygen atoms in total. The summed E-state index contributed by atoms with van der Waals surface area (Å²) in [6.07, 6.45) is 0. The number of anilines is 3. The van der Waals surface area contributed by atoms with E-state index in [4.69, 9.17) is 9.97 Å². The molecule has 0 N–H and O–H groups in total. The van der Waals surface area contributed by atoms with Gasteiger partial charge in [0.15, 0.2) is 5.82 Å². The molecule has 2 aromatic heterocycles. The highest BCUT2D eigenvalue weighted by molar-refractivity contribution is 6.10. The standard InChI is InChI=1S/C55H33N7/c56-34-37-15-19-40(20-16-37)51-33-52(60-55(59-51)41-21-17-38(35-57)18-22-41)48-29-25-42(31-43(48)36-58)39-23-26-46(27-24-39)62-53-14-8-7-13-49(53)50-32-47(28-30-54(50)62)61(44-9-3-1-4-10-44)45-11-5-2-6-12-45/h1-33H. The molecule has 62 heavy (non-hydrogen) atoms. The van der Waals surface area contributed by atoms with E-state index < -0.39 is 0 Å². The minimum Gasteiger partial charge on any atom is -0.310 e. The quantitative estimate of drug-likeness (QED) is 0.152. The van der Waals surface area contributed by atoms with E-state index in [0.717, 1.165) is 66.8 Å². The predicted octanol–water partition coefficient (Wildman–Crippen LogP) is 13.3. The Balaban J connectivity index is 1.02. The predicted molar refractivity (Wildman–Crippen MR) is 247 cm³/mol. The highest BCUT2D eigenvalue weighted by atomic mass is 15.1. The number of hydrogen-bond acceptors (Lipinski definition) is 6. The van der Waals surface area contributed by atoms with Gasteiger partial charge in [-0.1, -0.05) is 91.0 Å². The Bertz CT molecular complexity index is 3290. The molecule has 8 aromatic carbocycles. The Morgan fingerprint density at radius 2 is 0.968 bits per heavy atom. The molecule has 0 saturated heterocycles. The summed E-state index contributed by atoms with van der Waals surface area (Å²) in [5.74, 6) is 0.459. The Hall–Kier alpha value is -9.09. The fraction of sp³-hybridized carbons (Fsp3) is 0. The maximum absolute atomic E-state index is 10.5. The lowest BCUT2D eigenvalue weighted by atomic mass is 9.97. The number of rotatable bonds is 8. The molecule has 0 unspecified atom stereocenters. The van der Waals surface area contributed by atoms with Crippen molar-refractivity contribution in [2.45, 2.75) is 0 Å². The maximum atomic E-state index is 10.5. The summed E-state index contributed by atoms with van der Waals surface area (Å²) >= 11 is 0. The number of aromatic nitrogens is 3. The zero-order valence-corrected chi connectivity index (χ0v) is 33.2. The smallest absolute Gasteiger partial charge is 0.160 e. The van der Waals surface area contributed by atoms with Gasteiger partial charge in [-0.25, -0.2) is 9.97 Å². The van der Waals surface area contributed by atoms with Gasteiger partial charge in [0.1, 0.15) is 0 Å². The summed E-state index contributed by atoms with van der Waals surface area (Å²) in [5.41, 5.74) is 13.4. The van der Waals surface area contributed by atoms with Gasteiger partial charge >= 0.3 is 0 Å². The van der Waals surface area contributed by atoms with Crippen LogP contribution in [0.25, 0.3) is 72.5 Å². The molecule has 2 heterocycles. The zero-order chi connectivity index (χ0) is 42.0. The molecule has 0 aliphatic rings. The molecule has 0 radical (unpaired) electrons. The molecule has 288 valence electrons. The average molecular weight is 792 g/mol. The molecule has 0 saturated carbocycles. The zero-order valence-electron chi connectivity index (χ0n) is 33.2. The first-order valence-corrected chi connectivity index (χ1v) is 20.1. The third-order valence-corrected chi connectivity index (χ3v) is 11.1. The van der Waals surface area contributed by atoms with Crippen LogP contribution in [0.15, 0.2) is 200 Å². The normalized spacial score (nSPS) is 10.9. The van der Waals surface area contributed by atoms with E-state index in [9.17, 15) is 15.8 Å². The fourth-order valence-corrected chi connectivity index (χ4v) is 8.09. The molecule has 0 aliphatic carbocycles. The number of hydrogen-bond donors (Lipinski definition) is 0. The number of benzene rings is 8. The largest absolute Gasteiger partial charge is 0.310 e. The minimum absolute atomic E-state index is 0.459. The van der Waals surface area contributed by atoms with E-state index in [-0.39, 0.29) is 0 Å². The molecular formula is C55H33N7. The minimum atomic E-state index is 0.459. The van der Waals surface area contributed by atoms with Gasteiger partial charge in [-0.2, -0.15) is 15.8 Å². The fourth-order valence-electron chi connectivity index (χ4n) is 8.09. The van der Waals surface area contributed by atoms with Crippen molar-refractivity contribution in [3.63, 3.8) is 0 Å². The first-order valence-electron chi connectivity index (χ1n) is 20.1. The summed E-state index contributed by atoms with van der Waals surface area (Å²) < 4.78 is 2.31. The second-order valence-electron chi connectivity index (χ2n) is 14.8. The third kappa shape index (κ3) is 6.87. The topological polar surface area (TPSA) is 105 Å². The summed E-state index contributed by atoms with van der Waals surface area (Å²) in [5, 5.41) is 31.6. The second kappa shape index (κ2) is 15.9. The van der Waals surface area contributed by atoms with Crippen LogP contribution in [-0.4, -0.2) is 14.5 Å². The van der Waals surface area contributed by atoms with Crippen LogP contribution in [0.2, 0.25) is 0 Å². The summed E-state index contributed by atoms with van der Waals surface area (Å²) in [4.78, 5) is 12.1. The van der Waals surface area contributed by atoms with Crippen molar-refractivity contribution >= 4 is 38.9 Å². The Kier molecular flexibility index (Phi) is 9.56. The maximum Gasteiger partial charge on any atom is 0.160 e. The second-order valence-corrected chi connectivity index (χ2v) is 14.8. The highest BCUT2D eigenvalue weighted by Crippen LogP contribution is 2.40. The molecule has 0 atom stereocenters. The SMILES string of the molecule is N#Cc1ccc(-c2cc(-c3ccc(-c4ccc(-n5c6ccccc6c6cc(N(c7ccccc7)c7ccccc7)ccc65)cc4)cc3C#N)nc(-c3ccc(C#N)cc3)n2)cc1. The van der Waals surface area contributed by atoms with Crippen molar-refractivity contribution in [2.75, 3.05) is 4.90 Å². The number of fused-ring (bicyclic) bond motifs is 3. The van der Waals surface area contributed by atoms with Gasteiger partial charge in [0.05, 0.1) is 57.3 Å². The van der Waals surface area contributed by atoms with Gasteiger partial charge in [-0.05, 0) is 120 Å². The van der Waals surface area contributed by atoms with Crippen molar-refractivity contribution in [1.82, 2.24) is 14.5 Å². The van der Waals surface area contributed by atoms with Crippen LogP contribution in [0.5, 0.6) is 0 Å². The number of nitrogens with zero attached hydrogens (tertiary/aromatic N) is 7. The third-order valence-electron chi connectivity index (χ3n) is 11.1. The van der Waals surface area contributed by atoms with Gasteiger partial charge in [-0.3, -0.25) is 0 Å². The molecule has 0 bridgehead atoms. The van der Waals surface area contributed by atoms with Crippen LogP contribution in [0.1, 0.15) is 16.7 Å². The molecule has 10 aromatic rings. The highest BCUT2D eigenvalue weighted by Gasteiger charge is 2.18. The molecule has 0 amide bonds. The molecule has 10 rings (SSSR count). The van der Waals surface area contributed by atoms with Crippen LogP contribution in [0.4, 0.5) is 17.1 Å². The van der Waals surface area contributed by atoms with E-state index in [1.165, 1.54) is 0 Å². The van der Waals surface area contributed by atoms with Crippen LogP contribution < -0.4 is 4.90 Å². The summed E-state index contributed by atoms with van der Waals surface area (Å²) in [7, 11) is 0. The molecule has 0 spiro atoms. The molecule has 0 aliphatic heterocycles. The lowest BCUT2D eigenvalue weighted by Crippen LogP contribution is -2.09. The summed E-state index contributed by atoms with van der Waals surface area (Å²) in [6.45, 7) is 0. The van der Waals surface area contributed by atoms with Gasteiger partial charge in [0, 0.05) is 50.2 Å². The van der Waals surface area contributed by atoms with E-state index in [2.05, 4.69) is 143 Å². The van der Waals surface area contributed by atoms with Gasteiger partial charge < -0.3 is 9.47 Å². The monoisotopic (exact) mass is 791 g/mol. The van der Waals surface area contributed by atoms with E-state index in [1.807, 2.05) is 60.7 Å². The Morgan fingerprint density at radius 3 is 1.61 bits per heavy atom. The van der Waals surface area contributed by atoms with Crippen LogP contribution in [-0.2, 0) is 0 Å². The van der Waals surface area contributed by atoms with Crippen molar-refractivity contribution < 1.29 is 0 Å². The number of nitriles is 3. The first-order chi connectivity index (χ1) is 30.6. The van der Waals surface area contributed by atoms with Crippen LogP contribution in [0, 0.1) is 34.0 Å². The van der Waals surface area contributed by atoms with Crippen molar-refractivity contribution in [3.8, 4) is 68.9 Å². The molecule has 7 heteroatoms. The van der Waals surface area contributed by atoms with E-state index in [1.54, 1.807) is 24.3 Å². The lowest BCUT2D eigenvalue weighted by Gasteiger charge is -2.25. The summed E-state index contributed by atoms with van der Waals surface area (Å²) in [6, 6.07) is 73.4. The van der Waals surface area contributed by atoms with Crippen LogP contribution >= 0.6 is 0 Å². The van der Waals surface area contributed by atoms with Crippen molar-refractivity contribution in [3.05, 3.63) is 217 Å². The van der Waals surface area contributed by atoms with E-state index >= 15 is 0 Å². The first kappa shape index (κ1) is 37.2. The Labute approximate surface area is 358 Å². The Morgan fingerprint density at radius 1 is 0.403 bits per heavy atom.